The lowest BCUT2D eigenvalue weighted by Crippen LogP contribution is -2.22. The number of hydrogen-bond donors (Lipinski definition) is 1. The Bertz CT molecular complexity index is 1240. The van der Waals surface area contributed by atoms with Crippen molar-refractivity contribution in [3.05, 3.63) is 95.1 Å². The van der Waals surface area contributed by atoms with Gasteiger partial charge >= 0.3 is 0 Å². The number of benzene rings is 3. The minimum Gasteiger partial charge on any atom is -0.416 e. The summed E-state index contributed by atoms with van der Waals surface area (Å²) < 4.78 is 5.83. The molecule has 0 saturated carbocycles. The van der Waals surface area contributed by atoms with Gasteiger partial charge in [-0.1, -0.05) is 42.0 Å². The quantitative estimate of drug-likeness (QED) is 0.415. The van der Waals surface area contributed by atoms with E-state index < -0.39 is 0 Å². The van der Waals surface area contributed by atoms with Gasteiger partial charge in [-0.25, -0.2) is 0 Å². The van der Waals surface area contributed by atoms with Gasteiger partial charge in [-0.2, -0.15) is 0 Å². The molecule has 34 heavy (non-hydrogen) atoms. The highest BCUT2D eigenvalue weighted by atomic mass is 16.4. The Balaban J connectivity index is 1.17. The number of amides is 1. The molecule has 4 aromatic rings. The Labute approximate surface area is 199 Å². The van der Waals surface area contributed by atoms with Crippen LogP contribution in [0.2, 0.25) is 0 Å². The van der Waals surface area contributed by atoms with Crippen molar-refractivity contribution in [2.45, 2.75) is 32.9 Å². The number of carbonyl (C=O) groups is 1. The molecule has 0 spiro atoms. The third-order valence-electron chi connectivity index (χ3n) is 6.20. The third-order valence-corrected chi connectivity index (χ3v) is 6.20. The van der Waals surface area contributed by atoms with E-state index in [0.29, 0.717) is 23.9 Å². The topological polar surface area (TPSA) is 71.3 Å². The van der Waals surface area contributed by atoms with E-state index in [1.54, 1.807) is 12.1 Å². The van der Waals surface area contributed by atoms with Crippen LogP contribution < -0.4 is 5.32 Å². The van der Waals surface area contributed by atoms with Crippen LogP contribution in [0, 0.1) is 6.92 Å². The van der Waals surface area contributed by atoms with Gasteiger partial charge in [-0.15, -0.1) is 10.2 Å². The number of carbonyl (C=O) groups excluding carboxylic acids is 1. The van der Waals surface area contributed by atoms with Crippen LogP contribution in [0.4, 0.5) is 0 Å². The number of aryl methyl sites for hydroxylation is 1. The molecule has 0 aliphatic carbocycles. The SMILES string of the molecule is Cc1ccc(-c2nnc(-c3ccc(C(=O)NCc4ccc(CN5CCCC5)cc4)cc3)o2)cc1. The predicted molar refractivity (Wildman–Crippen MR) is 132 cm³/mol. The molecule has 1 fully saturated rings. The highest BCUT2D eigenvalue weighted by molar-refractivity contribution is 5.94. The molecule has 0 bridgehead atoms. The molecule has 2 heterocycles. The molecular weight excluding hydrogens is 424 g/mol. The van der Waals surface area contributed by atoms with E-state index in [1.807, 2.05) is 43.3 Å². The molecule has 1 aromatic heterocycles. The summed E-state index contributed by atoms with van der Waals surface area (Å²) in [5, 5.41) is 11.3. The van der Waals surface area contributed by atoms with Crippen molar-refractivity contribution in [1.29, 1.82) is 0 Å². The Morgan fingerprint density at radius 2 is 1.38 bits per heavy atom. The molecule has 6 nitrogen and oxygen atoms in total. The second-order valence-corrected chi connectivity index (χ2v) is 8.84. The zero-order valence-electron chi connectivity index (χ0n) is 19.3. The Morgan fingerprint density at radius 1 is 0.824 bits per heavy atom. The molecule has 6 heteroatoms. The third kappa shape index (κ3) is 5.24. The van der Waals surface area contributed by atoms with Crippen LogP contribution in [-0.4, -0.2) is 34.1 Å². The van der Waals surface area contributed by atoms with Crippen molar-refractivity contribution in [3.8, 4) is 22.9 Å². The fourth-order valence-corrected chi connectivity index (χ4v) is 4.16. The first-order valence-electron chi connectivity index (χ1n) is 11.7. The van der Waals surface area contributed by atoms with Crippen molar-refractivity contribution >= 4 is 5.91 Å². The van der Waals surface area contributed by atoms with Gasteiger partial charge in [0, 0.05) is 29.8 Å². The zero-order chi connectivity index (χ0) is 23.3. The van der Waals surface area contributed by atoms with E-state index in [1.165, 1.54) is 37.1 Å². The molecule has 172 valence electrons. The molecule has 1 aliphatic heterocycles. The van der Waals surface area contributed by atoms with E-state index >= 15 is 0 Å². The normalized spacial score (nSPS) is 13.8. The summed E-state index contributed by atoms with van der Waals surface area (Å²) in [5.74, 6) is 0.790. The lowest BCUT2D eigenvalue weighted by Gasteiger charge is -2.14. The minimum atomic E-state index is -0.112. The van der Waals surface area contributed by atoms with Gasteiger partial charge in [0.05, 0.1) is 0 Å². The van der Waals surface area contributed by atoms with Crippen LogP contribution in [0.1, 0.15) is 39.9 Å². The molecule has 1 N–H and O–H groups in total. The number of nitrogens with one attached hydrogen (secondary N) is 1. The van der Waals surface area contributed by atoms with Gasteiger partial charge in [0.1, 0.15) is 0 Å². The molecule has 3 aromatic carbocycles. The zero-order valence-corrected chi connectivity index (χ0v) is 19.3. The standard InChI is InChI=1S/C28H28N4O2/c1-20-4-10-24(11-5-20)27-30-31-28(34-27)25-14-12-23(13-15-25)26(33)29-18-21-6-8-22(9-7-21)19-32-16-2-3-17-32/h4-15H,2-3,16-19H2,1H3,(H,29,33). The fraction of sp³-hybridized carbons (Fsp3) is 0.250. The molecule has 5 rings (SSSR count). The first-order chi connectivity index (χ1) is 16.6. The van der Waals surface area contributed by atoms with E-state index in [2.05, 4.69) is 44.7 Å². The van der Waals surface area contributed by atoms with Crippen LogP contribution in [0.15, 0.2) is 77.2 Å². The van der Waals surface area contributed by atoms with Crippen molar-refractivity contribution in [2.24, 2.45) is 0 Å². The molecular formula is C28H28N4O2. The summed E-state index contributed by atoms with van der Waals surface area (Å²) in [6.07, 6.45) is 2.60. The van der Waals surface area contributed by atoms with Crippen LogP contribution in [0.5, 0.6) is 0 Å². The average molecular weight is 453 g/mol. The number of nitrogens with zero attached hydrogens (tertiary/aromatic N) is 3. The van der Waals surface area contributed by atoms with Gasteiger partial charge in [-0.05, 0) is 80.4 Å². The van der Waals surface area contributed by atoms with Gasteiger partial charge in [0.2, 0.25) is 11.8 Å². The highest BCUT2D eigenvalue weighted by Gasteiger charge is 2.13. The number of hydrogen-bond acceptors (Lipinski definition) is 5. The monoisotopic (exact) mass is 452 g/mol. The fourth-order valence-electron chi connectivity index (χ4n) is 4.16. The second-order valence-electron chi connectivity index (χ2n) is 8.84. The van der Waals surface area contributed by atoms with Gasteiger partial charge in [-0.3, -0.25) is 9.69 Å². The van der Waals surface area contributed by atoms with E-state index in [0.717, 1.165) is 23.2 Å². The van der Waals surface area contributed by atoms with Crippen molar-refractivity contribution in [1.82, 2.24) is 20.4 Å². The number of likely N-dealkylation sites (tertiary alicyclic amines) is 1. The Kier molecular flexibility index (Phi) is 6.49. The molecule has 0 radical (unpaired) electrons. The summed E-state index contributed by atoms with van der Waals surface area (Å²) in [4.78, 5) is 15.1. The lowest BCUT2D eigenvalue weighted by atomic mass is 10.1. The molecule has 0 atom stereocenters. The van der Waals surface area contributed by atoms with E-state index in [9.17, 15) is 4.79 Å². The summed E-state index contributed by atoms with van der Waals surface area (Å²) in [5.41, 5.74) is 5.82. The van der Waals surface area contributed by atoms with Crippen LogP contribution in [0.25, 0.3) is 22.9 Å². The predicted octanol–water partition coefficient (Wildman–Crippen LogP) is 5.24. The smallest absolute Gasteiger partial charge is 0.251 e. The van der Waals surface area contributed by atoms with E-state index in [-0.39, 0.29) is 5.91 Å². The molecule has 1 saturated heterocycles. The molecule has 1 aliphatic rings. The summed E-state index contributed by atoms with van der Waals surface area (Å²) in [7, 11) is 0. The summed E-state index contributed by atoms with van der Waals surface area (Å²) in [6, 6.07) is 23.6. The molecule has 1 amide bonds. The largest absolute Gasteiger partial charge is 0.416 e. The summed E-state index contributed by atoms with van der Waals surface area (Å²) in [6.45, 7) is 5.92. The van der Waals surface area contributed by atoms with Crippen LogP contribution >= 0.6 is 0 Å². The van der Waals surface area contributed by atoms with Gasteiger partial charge in [0.15, 0.2) is 0 Å². The van der Waals surface area contributed by atoms with Crippen molar-refractivity contribution in [2.75, 3.05) is 13.1 Å². The summed E-state index contributed by atoms with van der Waals surface area (Å²) >= 11 is 0. The maximum Gasteiger partial charge on any atom is 0.251 e. The first-order valence-corrected chi connectivity index (χ1v) is 11.7. The van der Waals surface area contributed by atoms with E-state index in [4.69, 9.17) is 4.42 Å². The van der Waals surface area contributed by atoms with Crippen molar-refractivity contribution in [3.63, 3.8) is 0 Å². The number of aromatic nitrogens is 2. The number of rotatable bonds is 7. The Hall–Kier alpha value is -3.77. The average Bonchev–Trinajstić information content (AvgIpc) is 3.57. The first kappa shape index (κ1) is 22.0. The minimum absolute atomic E-state index is 0.112. The van der Waals surface area contributed by atoms with Gasteiger partial charge in [0.25, 0.3) is 5.91 Å². The molecule has 0 unspecified atom stereocenters. The van der Waals surface area contributed by atoms with Crippen LogP contribution in [0.3, 0.4) is 0 Å². The van der Waals surface area contributed by atoms with Crippen LogP contribution in [-0.2, 0) is 13.1 Å². The second kappa shape index (κ2) is 10.0. The maximum absolute atomic E-state index is 12.6. The highest BCUT2D eigenvalue weighted by Crippen LogP contribution is 2.24. The lowest BCUT2D eigenvalue weighted by molar-refractivity contribution is 0.0951. The maximum atomic E-state index is 12.6. The van der Waals surface area contributed by atoms with Crippen molar-refractivity contribution < 1.29 is 9.21 Å². The van der Waals surface area contributed by atoms with Gasteiger partial charge < -0.3 is 9.73 Å². The Morgan fingerprint density at radius 3 is 2.00 bits per heavy atom.